The summed E-state index contributed by atoms with van der Waals surface area (Å²) in [6.07, 6.45) is 2.40. The lowest BCUT2D eigenvalue weighted by Crippen LogP contribution is -2.14. The SMILES string of the molecule is CCC(CC)CNc1ccc(C(N)=S)c2ccccc12. The summed E-state index contributed by atoms with van der Waals surface area (Å²) in [4.78, 5) is 0.452. The molecule has 0 aliphatic carbocycles. The van der Waals surface area contributed by atoms with Crippen LogP contribution in [0.25, 0.3) is 10.8 Å². The van der Waals surface area contributed by atoms with E-state index in [1.54, 1.807) is 0 Å². The fourth-order valence-electron chi connectivity index (χ4n) is 2.50. The van der Waals surface area contributed by atoms with Crippen LogP contribution in [0.15, 0.2) is 36.4 Å². The van der Waals surface area contributed by atoms with Crippen molar-refractivity contribution in [3.05, 3.63) is 42.0 Å². The summed E-state index contributed by atoms with van der Waals surface area (Å²) in [6.45, 7) is 5.48. The number of fused-ring (bicyclic) bond motifs is 1. The van der Waals surface area contributed by atoms with Crippen molar-refractivity contribution >= 4 is 33.7 Å². The van der Waals surface area contributed by atoms with Crippen LogP contribution in [-0.2, 0) is 0 Å². The Kier molecular flexibility index (Phi) is 4.96. The maximum Gasteiger partial charge on any atom is 0.104 e. The highest BCUT2D eigenvalue weighted by Gasteiger charge is 2.09. The average Bonchev–Trinajstić information content (AvgIpc) is 2.47. The van der Waals surface area contributed by atoms with Gasteiger partial charge in [0.2, 0.25) is 0 Å². The molecule has 0 amide bonds. The number of benzene rings is 2. The van der Waals surface area contributed by atoms with Crippen LogP contribution >= 0.6 is 12.2 Å². The number of hydrogen-bond donors (Lipinski definition) is 2. The summed E-state index contributed by atoms with van der Waals surface area (Å²) >= 11 is 5.13. The molecule has 20 heavy (non-hydrogen) atoms. The Morgan fingerprint density at radius 3 is 2.35 bits per heavy atom. The molecule has 2 rings (SSSR count). The van der Waals surface area contributed by atoms with Crippen molar-refractivity contribution in [2.75, 3.05) is 11.9 Å². The standard InChI is InChI=1S/C17H22N2S/c1-3-12(4-2)11-19-16-10-9-15(17(18)20)13-7-5-6-8-14(13)16/h5-10,12,19H,3-4,11H2,1-2H3,(H2,18,20). The first-order valence-corrected chi connectivity index (χ1v) is 7.63. The molecule has 0 saturated heterocycles. The Morgan fingerprint density at radius 1 is 1.10 bits per heavy atom. The molecule has 0 radical (unpaired) electrons. The first-order valence-electron chi connectivity index (χ1n) is 7.22. The largest absolute Gasteiger partial charge is 0.389 e. The number of nitrogens with two attached hydrogens (primary N) is 1. The highest BCUT2D eigenvalue weighted by molar-refractivity contribution is 7.80. The van der Waals surface area contributed by atoms with Gasteiger partial charge in [-0.15, -0.1) is 0 Å². The summed E-state index contributed by atoms with van der Waals surface area (Å²) in [7, 11) is 0. The molecule has 0 bridgehead atoms. The summed E-state index contributed by atoms with van der Waals surface area (Å²) < 4.78 is 0. The summed E-state index contributed by atoms with van der Waals surface area (Å²) in [5.41, 5.74) is 7.91. The van der Waals surface area contributed by atoms with Gasteiger partial charge in [0.15, 0.2) is 0 Å². The second kappa shape index (κ2) is 6.71. The fourth-order valence-corrected chi connectivity index (χ4v) is 2.68. The molecular weight excluding hydrogens is 264 g/mol. The van der Waals surface area contributed by atoms with Gasteiger partial charge in [0.1, 0.15) is 4.99 Å². The minimum atomic E-state index is 0.452. The van der Waals surface area contributed by atoms with Gasteiger partial charge in [0.05, 0.1) is 0 Å². The number of nitrogens with one attached hydrogen (secondary N) is 1. The molecule has 106 valence electrons. The van der Waals surface area contributed by atoms with E-state index in [4.69, 9.17) is 18.0 Å². The summed E-state index contributed by atoms with van der Waals surface area (Å²) in [6, 6.07) is 12.4. The topological polar surface area (TPSA) is 38.0 Å². The van der Waals surface area contributed by atoms with Crippen LogP contribution in [0.4, 0.5) is 5.69 Å². The second-order valence-corrected chi connectivity index (χ2v) is 5.57. The molecule has 0 aromatic heterocycles. The van der Waals surface area contributed by atoms with Gasteiger partial charge in [0, 0.05) is 23.2 Å². The van der Waals surface area contributed by atoms with Gasteiger partial charge in [-0.2, -0.15) is 0 Å². The third-order valence-electron chi connectivity index (χ3n) is 3.93. The predicted molar refractivity (Wildman–Crippen MR) is 92.4 cm³/mol. The van der Waals surface area contributed by atoms with Gasteiger partial charge < -0.3 is 11.1 Å². The molecule has 0 aliphatic rings. The van der Waals surface area contributed by atoms with E-state index in [0.29, 0.717) is 10.9 Å². The highest BCUT2D eigenvalue weighted by Crippen LogP contribution is 2.27. The first-order chi connectivity index (χ1) is 9.67. The van der Waals surface area contributed by atoms with Crippen molar-refractivity contribution in [3.8, 4) is 0 Å². The van der Waals surface area contributed by atoms with Crippen molar-refractivity contribution in [2.45, 2.75) is 26.7 Å². The zero-order valence-corrected chi connectivity index (χ0v) is 13.0. The van der Waals surface area contributed by atoms with E-state index < -0.39 is 0 Å². The fraction of sp³-hybridized carbons (Fsp3) is 0.353. The summed E-state index contributed by atoms with van der Waals surface area (Å²) in [5, 5.41) is 5.88. The van der Waals surface area contributed by atoms with E-state index in [2.05, 4.69) is 37.4 Å². The molecule has 0 heterocycles. The maximum absolute atomic E-state index is 5.81. The lowest BCUT2D eigenvalue weighted by Gasteiger charge is -2.17. The molecule has 0 atom stereocenters. The van der Waals surface area contributed by atoms with Crippen LogP contribution in [0, 0.1) is 5.92 Å². The van der Waals surface area contributed by atoms with Gasteiger partial charge in [-0.25, -0.2) is 0 Å². The van der Waals surface area contributed by atoms with E-state index >= 15 is 0 Å². The number of rotatable bonds is 6. The molecule has 0 aliphatic heterocycles. The Labute approximate surface area is 126 Å². The van der Waals surface area contributed by atoms with E-state index in [1.807, 2.05) is 18.2 Å². The van der Waals surface area contributed by atoms with Gasteiger partial charge in [-0.1, -0.05) is 63.2 Å². The van der Waals surface area contributed by atoms with Crippen LogP contribution in [0.2, 0.25) is 0 Å². The third-order valence-corrected chi connectivity index (χ3v) is 4.15. The number of thiocarbonyl (C=S) groups is 1. The van der Waals surface area contributed by atoms with Gasteiger partial charge in [0.25, 0.3) is 0 Å². The Hall–Kier alpha value is -1.61. The Bertz CT molecular complexity index is 603. The molecule has 3 N–H and O–H groups in total. The molecule has 2 aromatic carbocycles. The molecular formula is C17H22N2S. The number of hydrogen-bond acceptors (Lipinski definition) is 2. The van der Waals surface area contributed by atoms with E-state index in [9.17, 15) is 0 Å². The summed E-state index contributed by atoms with van der Waals surface area (Å²) in [5.74, 6) is 0.712. The van der Waals surface area contributed by atoms with E-state index in [1.165, 1.54) is 18.2 Å². The zero-order chi connectivity index (χ0) is 14.5. The van der Waals surface area contributed by atoms with Crippen LogP contribution in [-0.4, -0.2) is 11.5 Å². The van der Waals surface area contributed by atoms with Crippen molar-refractivity contribution < 1.29 is 0 Å². The molecule has 0 spiro atoms. The quantitative estimate of drug-likeness (QED) is 0.777. The normalized spacial score (nSPS) is 10.9. The average molecular weight is 286 g/mol. The molecule has 2 aromatic rings. The second-order valence-electron chi connectivity index (χ2n) is 5.13. The lowest BCUT2D eigenvalue weighted by molar-refractivity contribution is 0.519. The van der Waals surface area contributed by atoms with Crippen LogP contribution in [0.3, 0.4) is 0 Å². The van der Waals surface area contributed by atoms with Crippen LogP contribution < -0.4 is 11.1 Å². The zero-order valence-electron chi connectivity index (χ0n) is 12.1. The van der Waals surface area contributed by atoms with Crippen molar-refractivity contribution in [2.24, 2.45) is 11.7 Å². The molecule has 2 nitrogen and oxygen atoms in total. The lowest BCUT2D eigenvalue weighted by atomic mass is 10.0. The highest BCUT2D eigenvalue weighted by atomic mass is 32.1. The van der Waals surface area contributed by atoms with Crippen molar-refractivity contribution in [3.63, 3.8) is 0 Å². The van der Waals surface area contributed by atoms with E-state index in [-0.39, 0.29) is 0 Å². The molecule has 0 unspecified atom stereocenters. The van der Waals surface area contributed by atoms with Gasteiger partial charge >= 0.3 is 0 Å². The monoisotopic (exact) mass is 286 g/mol. The smallest absolute Gasteiger partial charge is 0.104 e. The molecule has 0 fully saturated rings. The minimum absolute atomic E-state index is 0.452. The first kappa shape index (κ1) is 14.8. The molecule has 3 heteroatoms. The van der Waals surface area contributed by atoms with Gasteiger partial charge in [-0.05, 0) is 23.4 Å². The van der Waals surface area contributed by atoms with Gasteiger partial charge in [-0.3, -0.25) is 0 Å². The van der Waals surface area contributed by atoms with Crippen molar-refractivity contribution in [1.29, 1.82) is 0 Å². The van der Waals surface area contributed by atoms with Crippen molar-refractivity contribution in [1.82, 2.24) is 0 Å². The van der Waals surface area contributed by atoms with E-state index in [0.717, 1.165) is 23.2 Å². The van der Waals surface area contributed by atoms with Crippen LogP contribution in [0.1, 0.15) is 32.3 Å². The minimum Gasteiger partial charge on any atom is -0.389 e. The van der Waals surface area contributed by atoms with Crippen LogP contribution in [0.5, 0.6) is 0 Å². The Morgan fingerprint density at radius 2 is 1.75 bits per heavy atom. The third kappa shape index (κ3) is 3.10. The number of anilines is 1. The molecule has 0 saturated carbocycles. The predicted octanol–water partition coefficient (Wildman–Crippen LogP) is 4.32. The Balaban J connectivity index is 2.36. The maximum atomic E-state index is 5.81.